The van der Waals surface area contributed by atoms with Gasteiger partial charge in [0.25, 0.3) is 11.8 Å². The number of aryl methyl sites for hydroxylation is 1. The number of benzene rings is 2. The Bertz CT molecular complexity index is 1510. The molecule has 1 aliphatic heterocycles. The van der Waals surface area contributed by atoms with Gasteiger partial charge in [-0.3, -0.25) is 14.4 Å². The Morgan fingerprint density at radius 2 is 1.72 bits per heavy atom. The number of nitrogens with one attached hydrogen (secondary N) is 4. The summed E-state index contributed by atoms with van der Waals surface area (Å²) in [6.45, 7) is 10.9. The molecule has 1 saturated heterocycles. The van der Waals surface area contributed by atoms with Crippen molar-refractivity contribution in [2.75, 3.05) is 13.1 Å². The summed E-state index contributed by atoms with van der Waals surface area (Å²) in [5, 5.41) is 7.91. The van der Waals surface area contributed by atoms with Crippen LogP contribution in [0.1, 0.15) is 60.7 Å². The number of hydrogen-bond acceptors (Lipinski definition) is 3. The molecule has 204 valence electrons. The summed E-state index contributed by atoms with van der Waals surface area (Å²) in [6.07, 6.45) is 0.798. The topological polar surface area (TPSA) is 110 Å². The Balaban J connectivity index is 1.28. The fourth-order valence-electron chi connectivity index (χ4n) is 5.57. The molecular formula is C31H37N5O3. The third-order valence-corrected chi connectivity index (χ3v) is 7.67. The van der Waals surface area contributed by atoms with Gasteiger partial charge in [-0.2, -0.15) is 0 Å². The normalized spacial score (nSPS) is 18.4. The molecule has 8 heteroatoms. The molecule has 3 atom stereocenters. The second-order valence-corrected chi connectivity index (χ2v) is 12.0. The van der Waals surface area contributed by atoms with Gasteiger partial charge in [-0.25, -0.2) is 0 Å². The number of carbonyl (C=O) groups excluding carboxylic acids is 3. The molecule has 39 heavy (non-hydrogen) atoms. The highest BCUT2D eigenvalue weighted by Gasteiger charge is 2.37. The maximum Gasteiger partial charge on any atom is 0.270 e. The van der Waals surface area contributed by atoms with E-state index in [4.69, 9.17) is 0 Å². The zero-order chi connectivity index (χ0) is 27.9. The molecule has 0 unspecified atom stereocenters. The Hall–Kier alpha value is -4.07. The van der Waals surface area contributed by atoms with Crippen molar-refractivity contribution in [3.63, 3.8) is 0 Å². The lowest BCUT2D eigenvalue weighted by Gasteiger charge is -2.31. The van der Waals surface area contributed by atoms with E-state index in [-0.39, 0.29) is 23.8 Å². The lowest BCUT2D eigenvalue weighted by atomic mass is 9.86. The summed E-state index contributed by atoms with van der Waals surface area (Å²) in [4.78, 5) is 48.3. The maximum absolute atomic E-state index is 13.5. The fourth-order valence-corrected chi connectivity index (χ4v) is 5.57. The quantitative estimate of drug-likeness (QED) is 0.290. The van der Waals surface area contributed by atoms with Gasteiger partial charge in [-0.15, -0.1) is 0 Å². The first-order chi connectivity index (χ1) is 18.5. The minimum atomic E-state index is -0.754. The van der Waals surface area contributed by atoms with Crippen LogP contribution in [0.4, 0.5) is 0 Å². The van der Waals surface area contributed by atoms with Gasteiger partial charge < -0.3 is 25.5 Å². The van der Waals surface area contributed by atoms with E-state index >= 15 is 0 Å². The molecule has 0 radical (unpaired) electrons. The van der Waals surface area contributed by atoms with E-state index in [2.05, 4.69) is 27.5 Å². The molecule has 1 aliphatic rings. The van der Waals surface area contributed by atoms with E-state index in [0.29, 0.717) is 30.4 Å². The van der Waals surface area contributed by atoms with Crippen LogP contribution in [0.25, 0.3) is 21.8 Å². The van der Waals surface area contributed by atoms with E-state index in [0.717, 1.165) is 33.8 Å². The number of amides is 3. The van der Waals surface area contributed by atoms with E-state index in [1.165, 1.54) is 0 Å². The van der Waals surface area contributed by atoms with Crippen molar-refractivity contribution in [3.8, 4) is 0 Å². The van der Waals surface area contributed by atoms with Crippen LogP contribution in [0.2, 0.25) is 0 Å². The number of aromatic amines is 2. The predicted octanol–water partition coefficient (Wildman–Crippen LogP) is 4.77. The van der Waals surface area contributed by atoms with Crippen molar-refractivity contribution in [2.45, 2.75) is 53.1 Å². The van der Waals surface area contributed by atoms with Crippen LogP contribution in [0.3, 0.4) is 0 Å². The van der Waals surface area contributed by atoms with E-state index in [9.17, 15) is 14.4 Å². The highest BCUT2D eigenvalue weighted by Crippen LogP contribution is 2.27. The maximum atomic E-state index is 13.5. The van der Waals surface area contributed by atoms with Crippen LogP contribution < -0.4 is 10.6 Å². The monoisotopic (exact) mass is 527 g/mol. The molecular weight excluding hydrogens is 490 g/mol. The van der Waals surface area contributed by atoms with Crippen molar-refractivity contribution >= 4 is 39.5 Å². The molecule has 4 N–H and O–H groups in total. The summed E-state index contributed by atoms with van der Waals surface area (Å²) in [6, 6.07) is 16.5. The average molecular weight is 528 g/mol. The SMILES string of the molecule is Cc1cccc2cc(C(=O)N3C[C@@H](C)C[C@H]3CNC(=O)[C@@H](NC(=O)c3cc4ccccc4[nH]3)C(C)(C)C)[nH]c12. The lowest BCUT2D eigenvalue weighted by Crippen LogP contribution is -2.55. The third kappa shape index (κ3) is 5.41. The molecule has 8 nitrogen and oxygen atoms in total. The number of nitrogens with zero attached hydrogens (tertiary/aromatic N) is 1. The van der Waals surface area contributed by atoms with E-state index in [1.807, 2.05) is 81.1 Å². The smallest absolute Gasteiger partial charge is 0.270 e. The number of para-hydroxylation sites is 2. The van der Waals surface area contributed by atoms with Crippen LogP contribution in [-0.2, 0) is 4.79 Å². The van der Waals surface area contributed by atoms with Crippen molar-refractivity contribution < 1.29 is 14.4 Å². The van der Waals surface area contributed by atoms with Crippen LogP contribution in [0.15, 0.2) is 54.6 Å². The molecule has 0 spiro atoms. The number of likely N-dealkylation sites (tertiary alicyclic amines) is 1. The van der Waals surface area contributed by atoms with Crippen molar-refractivity contribution in [1.29, 1.82) is 0 Å². The molecule has 4 aromatic rings. The largest absolute Gasteiger partial charge is 0.352 e. The predicted molar refractivity (Wildman–Crippen MR) is 154 cm³/mol. The van der Waals surface area contributed by atoms with Gasteiger partial charge in [0, 0.05) is 40.9 Å². The standard InChI is InChI=1S/C31H37N5O3/c1-18-13-22(36(17-18)30(39)25-15-21-11-8-9-19(2)26(21)34-25)16-32-29(38)27(31(3,4)5)35-28(37)24-14-20-10-6-7-12-23(20)33-24/h6-12,14-15,18,22,27,33-34H,13,16-17H2,1-5H3,(H,32,38)(H,35,37)/t18-,22-,27+/m0/s1. The zero-order valence-electron chi connectivity index (χ0n) is 23.2. The minimum absolute atomic E-state index is 0.0614. The summed E-state index contributed by atoms with van der Waals surface area (Å²) < 4.78 is 0. The first kappa shape index (κ1) is 26.5. The highest BCUT2D eigenvalue weighted by molar-refractivity contribution is 6.01. The molecule has 5 rings (SSSR count). The van der Waals surface area contributed by atoms with Gasteiger partial charge in [0.15, 0.2) is 0 Å². The average Bonchev–Trinajstić information content (AvgIpc) is 3.61. The number of H-pyrrole nitrogens is 2. The first-order valence-corrected chi connectivity index (χ1v) is 13.6. The van der Waals surface area contributed by atoms with Crippen LogP contribution in [0.5, 0.6) is 0 Å². The second kappa shape index (κ2) is 10.2. The van der Waals surface area contributed by atoms with Crippen LogP contribution in [0, 0.1) is 18.3 Å². The Labute approximate surface area is 228 Å². The summed E-state index contributed by atoms with van der Waals surface area (Å²) in [5.74, 6) is -0.336. The molecule has 3 amide bonds. The highest BCUT2D eigenvalue weighted by atomic mass is 16.2. The van der Waals surface area contributed by atoms with Gasteiger partial charge in [0.05, 0.1) is 0 Å². The zero-order valence-corrected chi connectivity index (χ0v) is 23.2. The second-order valence-electron chi connectivity index (χ2n) is 12.0. The first-order valence-electron chi connectivity index (χ1n) is 13.6. The van der Waals surface area contributed by atoms with Crippen molar-refractivity contribution in [2.24, 2.45) is 11.3 Å². The number of aromatic nitrogens is 2. The summed E-state index contributed by atoms with van der Waals surface area (Å²) >= 11 is 0. The lowest BCUT2D eigenvalue weighted by molar-refractivity contribution is -0.125. The van der Waals surface area contributed by atoms with Gasteiger partial charge in [-0.1, -0.05) is 64.1 Å². The van der Waals surface area contributed by atoms with Crippen molar-refractivity contribution in [1.82, 2.24) is 25.5 Å². The molecule has 2 aromatic carbocycles. The van der Waals surface area contributed by atoms with E-state index in [1.54, 1.807) is 6.07 Å². The third-order valence-electron chi connectivity index (χ3n) is 7.67. The Morgan fingerprint density at radius 3 is 2.44 bits per heavy atom. The number of carbonyl (C=O) groups is 3. The van der Waals surface area contributed by atoms with Gasteiger partial charge in [0.2, 0.25) is 5.91 Å². The number of rotatable bonds is 6. The van der Waals surface area contributed by atoms with Crippen LogP contribution in [-0.4, -0.2) is 57.8 Å². The fraction of sp³-hybridized carbons (Fsp3) is 0.387. The molecule has 0 bridgehead atoms. The molecule has 3 heterocycles. The Morgan fingerprint density at radius 1 is 1.00 bits per heavy atom. The van der Waals surface area contributed by atoms with Crippen molar-refractivity contribution in [3.05, 3.63) is 71.5 Å². The molecule has 2 aromatic heterocycles. The molecule has 0 aliphatic carbocycles. The van der Waals surface area contributed by atoms with Crippen LogP contribution >= 0.6 is 0 Å². The molecule has 0 saturated carbocycles. The Kier molecular flexibility index (Phi) is 6.97. The van der Waals surface area contributed by atoms with Gasteiger partial charge in [-0.05, 0) is 48.4 Å². The number of fused-ring (bicyclic) bond motifs is 2. The van der Waals surface area contributed by atoms with Gasteiger partial charge in [0.1, 0.15) is 17.4 Å². The minimum Gasteiger partial charge on any atom is -0.352 e. The van der Waals surface area contributed by atoms with Gasteiger partial charge >= 0.3 is 0 Å². The summed E-state index contributed by atoms with van der Waals surface area (Å²) in [5.41, 5.74) is 3.37. The number of hydrogen-bond donors (Lipinski definition) is 4. The molecule has 1 fully saturated rings. The van der Waals surface area contributed by atoms with E-state index < -0.39 is 11.5 Å². The summed E-state index contributed by atoms with van der Waals surface area (Å²) in [7, 11) is 0.